The normalized spacial score (nSPS) is 22.7. The van der Waals surface area contributed by atoms with Crippen LogP contribution < -0.4 is 11.1 Å². The Hall–Kier alpha value is -1.92. The van der Waals surface area contributed by atoms with Crippen LogP contribution in [0.15, 0.2) is 30.3 Å². The molecule has 0 aromatic heterocycles. The smallest absolute Gasteiger partial charge is 0.332 e. The Kier molecular flexibility index (Phi) is 5.30. The first-order valence-electron chi connectivity index (χ1n) is 7.01. The number of carbonyl (C=O) groups is 2. The second-order valence-electron chi connectivity index (χ2n) is 5.19. The molecule has 4 N–H and O–H groups in total. The summed E-state index contributed by atoms with van der Waals surface area (Å²) in [6, 6.07) is 9.08. The van der Waals surface area contributed by atoms with Gasteiger partial charge >= 0.3 is 5.97 Å². The van der Waals surface area contributed by atoms with Gasteiger partial charge in [-0.25, -0.2) is 4.79 Å². The first kappa shape index (κ1) is 15.5. The molecule has 0 aliphatic carbocycles. The van der Waals surface area contributed by atoms with E-state index in [0.717, 1.165) is 5.56 Å². The number of nitrogens with two attached hydrogens (primary N) is 1. The SMILES string of the molecule is NC(CC(=O)NCC1CCC(C(=O)O)O1)c1ccccc1. The molecule has 3 atom stereocenters. The Morgan fingerprint density at radius 3 is 2.67 bits per heavy atom. The summed E-state index contributed by atoms with van der Waals surface area (Å²) >= 11 is 0. The number of rotatable bonds is 6. The first-order valence-corrected chi connectivity index (χ1v) is 7.01. The van der Waals surface area contributed by atoms with Crippen molar-refractivity contribution >= 4 is 11.9 Å². The maximum absolute atomic E-state index is 11.8. The molecule has 6 heteroatoms. The van der Waals surface area contributed by atoms with Crippen molar-refractivity contribution in [3.8, 4) is 0 Å². The van der Waals surface area contributed by atoms with Crippen LogP contribution in [0.3, 0.4) is 0 Å². The zero-order chi connectivity index (χ0) is 15.2. The van der Waals surface area contributed by atoms with Crippen LogP contribution in [0.25, 0.3) is 0 Å². The lowest BCUT2D eigenvalue weighted by Crippen LogP contribution is -2.34. The number of carboxylic acid groups (broad SMARTS) is 1. The van der Waals surface area contributed by atoms with Gasteiger partial charge in [-0.15, -0.1) is 0 Å². The fourth-order valence-corrected chi connectivity index (χ4v) is 2.36. The van der Waals surface area contributed by atoms with Crippen molar-refractivity contribution in [2.24, 2.45) is 5.73 Å². The number of amides is 1. The molecule has 1 amide bonds. The summed E-state index contributed by atoms with van der Waals surface area (Å²) < 4.78 is 5.32. The monoisotopic (exact) mass is 292 g/mol. The lowest BCUT2D eigenvalue weighted by Gasteiger charge is -2.15. The average Bonchev–Trinajstić information content (AvgIpc) is 2.95. The van der Waals surface area contributed by atoms with Crippen molar-refractivity contribution in [1.82, 2.24) is 5.32 Å². The molecule has 1 fully saturated rings. The highest BCUT2D eigenvalue weighted by Crippen LogP contribution is 2.19. The van der Waals surface area contributed by atoms with Gasteiger partial charge in [0, 0.05) is 19.0 Å². The number of carboxylic acids is 1. The third kappa shape index (κ3) is 4.54. The highest BCUT2D eigenvalue weighted by molar-refractivity contribution is 5.76. The van der Waals surface area contributed by atoms with Crippen LogP contribution in [0.4, 0.5) is 0 Å². The van der Waals surface area contributed by atoms with Crippen molar-refractivity contribution in [3.63, 3.8) is 0 Å². The van der Waals surface area contributed by atoms with Crippen molar-refractivity contribution in [2.45, 2.75) is 37.5 Å². The first-order chi connectivity index (χ1) is 10.1. The zero-order valence-electron chi connectivity index (χ0n) is 11.7. The lowest BCUT2D eigenvalue weighted by atomic mass is 10.0. The van der Waals surface area contributed by atoms with E-state index in [1.54, 1.807) is 0 Å². The van der Waals surface area contributed by atoms with Crippen molar-refractivity contribution in [3.05, 3.63) is 35.9 Å². The quantitative estimate of drug-likeness (QED) is 0.720. The van der Waals surface area contributed by atoms with Crippen LogP contribution in [0.5, 0.6) is 0 Å². The molecule has 1 aliphatic rings. The Balaban J connectivity index is 1.72. The van der Waals surface area contributed by atoms with Crippen LogP contribution in [-0.4, -0.2) is 35.7 Å². The van der Waals surface area contributed by atoms with E-state index >= 15 is 0 Å². The molecule has 1 saturated heterocycles. The second-order valence-corrected chi connectivity index (χ2v) is 5.19. The molecule has 114 valence electrons. The van der Waals surface area contributed by atoms with E-state index in [1.165, 1.54) is 0 Å². The van der Waals surface area contributed by atoms with Gasteiger partial charge in [0.25, 0.3) is 0 Å². The molecule has 0 spiro atoms. The summed E-state index contributed by atoms with van der Waals surface area (Å²) in [4.78, 5) is 22.6. The molecule has 1 aliphatic heterocycles. The number of hydrogen-bond donors (Lipinski definition) is 3. The second kappa shape index (κ2) is 7.19. The average molecular weight is 292 g/mol. The predicted molar refractivity (Wildman–Crippen MR) is 76.5 cm³/mol. The number of hydrogen-bond acceptors (Lipinski definition) is 4. The summed E-state index contributed by atoms with van der Waals surface area (Å²) in [7, 11) is 0. The Morgan fingerprint density at radius 2 is 2.05 bits per heavy atom. The zero-order valence-corrected chi connectivity index (χ0v) is 11.7. The molecule has 1 heterocycles. The molecule has 0 bridgehead atoms. The van der Waals surface area contributed by atoms with Gasteiger partial charge in [-0.1, -0.05) is 30.3 Å². The molecule has 2 rings (SSSR count). The molecular formula is C15H20N2O4. The van der Waals surface area contributed by atoms with E-state index in [-0.39, 0.29) is 24.5 Å². The number of aliphatic carboxylic acids is 1. The minimum Gasteiger partial charge on any atom is -0.479 e. The number of nitrogens with one attached hydrogen (secondary N) is 1. The van der Waals surface area contributed by atoms with Crippen LogP contribution in [-0.2, 0) is 14.3 Å². The maximum Gasteiger partial charge on any atom is 0.332 e. The van der Waals surface area contributed by atoms with Crippen LogP contribution >= 0.6 is 0 Å². The number of carbonyl (C=O) groups excluding carboxylic acids is 1. The van der Waals surface area contributed by atoms with Crippen LogP contribution in [0, 0.1) is 0 Å². The van der Waals surface area contributed by atoms with Gasteiger partial charge in [0.05, 0.1) is 6.10 Å². The van der Waals surface area contributed by atoms with Crippen molar-refractivity contribution < 1.29 is 19.4 Å². The van der Waals surface area contributed by atoms with Crippen LogP contribution in [0.2, 0.25) is 0 Å². The van der Waals surface area contributed by atoms with Gasteiger partial charge in [-0.3, -0.25) is 4.79 Å². The number of ether oxygens (including phenoxy) is 1. The van der Waals surface area contributed by atoms with Crippen LogP contribution in [0.1, 0.15) is 30.9 Å². The van der Waals surface area contributed by atoms with Gasteiger partial charge in [0.15, 0.2) is 6.10 Å². The standard InChI is InChI=1S/C15H20N2O4/c16-12(10-4-2-1-3-5-10)8-14(18)17-9-11-6-7-13(21-11)15(19)20/h1-5,11-13H,6-9,16H2,(H,17,18)(H,19,20). The fraction of sp³-hybridized carbons (Fsp3) is 0.467. The molecule has 6 nitrogen and oxygen atoms in total. The summed E-state index contributed by atoms with van der Waals surface area (Å²) in [6.07, 6.45) is 0.335. The largest absolute Gasteiger partial charge is 0.479 e. The molecule has 0 radical (unpaired) electrons. The van der Waals surface area contributed by atoms with E-state index < -0.39 is 12.1 Å². The molecule has 1 aromatic rings. The van der Waals surface area contributed by atoms with Gasteiger partial charge < -0.3 is 20.9 Å². The number of benzene rings is 1. The summed E-state index contributed by atoms with van der Waals surface area (Å²) in [5.41, 5.74) is 6.88. The third-order valence-electron chi connectivity index (χ3n) is 3.54. The van der Waals surface area contributed by atoms with Gasteiger partial charge in [0.2, 0.25) is 5.91 Å². The molecule has 3 unspecified atom stereocenters. The highest BCUT2D eigenvalue weighted by atomic mass is 16.5. The summed E-state index contributed by atoms with van der Waals surface area (Å²) in [6.45, 7) is 0.324. The summed E-state index contributed by atoms with van der Waals surface area (Å²) in [5, 5.41) is 11.6. The van der Waals surface area contributed by atoms with E-state index in [4.69, 9.17) is 15.6 Å². The van der Waals surface area contributed by atoms with Crippen molar-refractivity contribution in [2.75, 3.05) is 6.54 Å². The maximum atomic E-state index is 11.8. The van der Waals surface area contributed by atoms with E-state index in [1.807, 2.05) is 30.3 Å². The third-order valence-corrected chi connectivity index (χ3v) is 3.54. The highest BCUT2D eigenvalue weighted by Gasteiger charge is 2.30. The molecule has 1 aromatic carbocycles. The van der Waals surface area contributed by atoms with Crippen molar-refractivity contribution in [1.29, 1.82) is 0 Å². The van der Waals surface area contributed by atoms with E-state index in [2.05, 4.69) is 5.32 Å². The van der Waals surface area contributed by atoms with Gasteiger partial charge in [-0.05, 0) is 18.4 Å². The summed E-state index contributed by atoms with van der Waals surface area (Å²) in [5.74, 6) is -1.11. The Bertz CT molecular complexity index is 492. The van der Waals surface area contributed by atoms with E-state index in [0.29, 0.717) is 19.4 Å². The molecule has 0 saturated carbocycles. The topological polar surface area (TPSA) is 102 Å². The van der Waals surface area contributed by atoms with Gasteiger partial charge in [0.1, 0.15) is 0 Å². The van der Waals surface area contributed by atoms with E-state index in [9.17, 15) is 9.59 Å². The van der Waals surface area contributed by atoms with Gasteiger partial charge in [-0.2, -0.15) is 0 Å². The Morgan fingerprint density at radius 1 is 1.33 bits per heavy atom. The fourth-order valence-electron chi connectivity index (χ4n) is 2.36. The molecule has 21 heavy (non-hydrogen) atoms. The molecular weight excluding hydrogens is 272 g/mol. The minimum atomic E-state index is -0.949. The Labute approximate surface area is 123 Å². The predicted octanol–water partition coefficient (Wildman–Crippen LogP) is 0.825. The minimum absolute atomic E-state index is 0.159. The lowest BCUT2D eigenvalue weighted by molar-refractivity contribution is -0.149.